The predicted molar refractivity (Wildman–Crippen MR) is 91.4 cm³/mol. The van der Waals surface area contributed by atoms with E-state index in [1.165, 1.54) is 10.4 Å². The fourth-order valence-corrected chi connectivity index (χ4v) is 3.56. The lowest BCUT2D eigenvalue weighted by Crippen LogP contribution is -2.10. The maximum absolute atomic E-state index is 12.4. The number of anilines is 1. The Hall–Kier alpha value is -2.12. The number of rotatable bonds is 6. The minimum atomic E-state index is -0.0601. The number of carbonyl (C=O) groups excluding carboxylic acids is 1. The van der Waals surface area contributed by atoms with E-state index in [0.29, 0.717) is 6.42 Å². The van der Waals surface area contributed by atoms with Crippen molar-refractivity contribution in [2.75, 3.05) is 5.32 Å². The molecule has 1 heterocycles. The molecule has 0 aliphatic rings. The van der Waals surface area contributed by atoms with Crippen molar-refractivity contribution in [1.82, 2.24) is 0 Å². The topological polar surface area (TPSA) is 52.9 Å². The number of hydrogen-bond donors (Lipinski definition) is 1. The molecule has 0 bridgehead atoms. The van der Waals surface area contributed by atoms with E-state index in [0.717, 1.165) is 35.4 Å². The smallest absolute Gasteiger partial charge is 0.265 e. The van der Waals surface area contributed by atoms with Crippen LogP contribution in [-0.2, 0) is 19.3 Å². The molecule has 22 heavy (non-hydrogen) atoms. The molecule has 0 saturated heterocycles. The number of nitrogens with zero attached hydrogens (tertiary/aromatic N) is 1. The Kier molecular flexibility index (Phi) is 5.74. The van der Waals surface area contributed by atoms with Gasteiger partial charge < -0.3 is 5.32 Å². The van der Waals surface area contributed by atoms with Crippen LogP contribution >= 0.6 is 11.3 Å². The van der Waals surface area contributed by atoms with Gasteiger partial charge in [0.25, 0.3) is 5.91 Å². The first kappa shape index (κ1) is 16.3. The SMILES string of the molecule is CCCc1sc(C(=O)Nc2ccc(CC#N)cc2)cc1CC. The summed E-state index contributed by atoms with van der Waals surface area (Å²) < 4.78 is 0. The van der Waals surface area contributed by atoms with Crippen molar-refractivity contribution in [1.29, 1.82) is 5.26 Å². The number of carbonyl (C=O) groups is 1. The number of hydrogen-bond acceptors (Lipinski definition) is 3. The van der Waals surface area contributed by atoms with Gasteiger partial charge in [0.05, 0.1) is 17.4 Å². The van der Waals surface area contributed by atoms with Gasteiger partial charge in [-0.3, -0.25) is 4.79 Å². The van der Waals surface area contributed by atoms with Gasteiger partial charge >= 0.3 is 0 Å². The molecule has 4 heteroatoms. The van der Waals surface area contributed by atoms with Crippen LogP contribution in [0, 0.1) is 11.3 Å². The predicted octanol–water partition coefficient (Wildman–Crippen LogP) is 4.58. The van der Waals surface area contributed by atoms with Gasteiger partial charge in [-0.2, -0.15) is 5.26 Å². The molecule has 2 aromatic rings. The second-order valence-corrected chi connectivity index (χ2v) is 6.29. The Bertz CT molecular complexity index is 680. The summed E-state index contributed by atoms with van der Waals surface area (Å²) in [5, 5.41) is 11.6. The molecule has 0 atom stereocenters. The standard InChI is InChI=1S/C18H20N2OS/c1-3-5-16-14(4-2)12-17(22-16)18(21)20-15-8-6-13(7-9-15)10-11-19/h6-9,12H,3-5,10H2,1-2H3,(H,20,21). The summed E-state index contributed by atoms with van der Waals surface area (Å²) in [6, 6.07) is 11.5. The molecule has 0 radical (unpaired) electrons. The summed E-state index contributed by atoms with van der Waals surface area (Å²) in [5.41, 5.74) is 2.99. The lowest BCUT2D eigenvalue weighted by atomic mass is 10.1. The van der Waals surface area contributed by atoms with E-state index < -0.39 is 0 Å². The van der Waals surface area contributed by atoms with Crippen molar-refractivity contribution in [3.63, 3.8) is 0 Å². The van der Waals surface area contributed by atoms with Crippen LogP contribution in [0.25, 0.3) is 0 Å². The zero-order valence-electron chi connectivity index (χ0n) is 13.0. The summed E-state index contributed by atoms with van der Waals surface area (Å²) >= 11 is 1.59. The third-order valence-electron chi connectivity index (χ3n) is 3.47. The second-order valence-electron chi connectivity index (χ2n) is 5.15. The van der Waals surface area contributed by atoms with Crippen LogP contribution in [-0.4, -0.2) is 5.91 Å². The van der Waals surface area contributed by atoms with Gasteiger partial charge in [-0.05, 0) is 42.2 Å². The van der Waals surface area contributed by atoms with Crippen LogP contribution in [0.5, 0.6) is 0 Å². The molecule has 1 aromatic heterocycles. The lowest BCUT2D eigenvalue weighted by molar-refractivity contribution is 0.103. The number of amides is 1. The van der Waals surface area contributed by atoms with Crippen LogP contribution in [0.15, 0.2) is 30.3 Å². The molecule has 114 valence electrons. The molecule has 1 amide bonds. The Balaban J connectivity index is 2.10. The third kappa shape index (κ3) is 3.96. The Labute approximate surface area is 135 Å². The van der Waals surface area contributed by atoms with Gasteiger partial charge in [0, 0.05) is 10.6 Å². The zero-order valence-corrected chi connectivity index (χ0v) is 13.8. The minimum Gasteiger partial charge on any atom is -0.321 e. The molecule has 1 aromatic carbocycles. The number of nitriles is 1. The monoisotopic (exact) mass is 312 g/mol. The largest absolute Gasteiger partial charge is 0.321 e. The van der Waals surface area contributed by atoms with E-state index >= 15 is 0 Å². The highest BCUT2D eigenvalue weighted by atomic mass is 32.1. The van der Waals surface area contributed by atoms with Crippen molar-refractivity contribution in [2.24, 2.45) is 0 Å². The number of thiophene rings is 1. The quantitative estimate of drug-likeness (QED) is 0.848. The third-order valence-corrected chi connectivity index (χ3v) is 4.71. The first-order valence-electron chi connectivity index (χ1n) is 7.56. The van der Waals surface area contributed by atoms with Crippen LogP contribution in [0.3, 0.4) is 0 Å². The molecular weight excluding hydrogens is 292 g/mol. The van der Waals surface area contributed by atoms with Crippen molar-refractivity contribution in [3.8, 4) is 6.07 Å². The summed E-state index contributed by atoms with van der Waals surface area (Å²) in [6.45, 7) is 4.28. The molecule has 0 unspecified atom stereocenters. The van der Waals surface area contributed by atoms with E-state index in [1.54, 1.807) is 11.3 Å². The molecule has 3 nitrogen and oxygen atoms in total. The van der Waals surface area contributed by atoms with E-state index in [-0.39, 0.29) is 5.91 Å². The van der Waals surface area contributed by atoms with Gasteiger partial charge in [0.2, 0.25) is 0 Å². The highest BCUT2D eigenvalue weighted by molar-refractivity contribution is 7.14. The highest BCUT2D eigenvalue weighted by Crippen LogP contribution is 2.25. The molecule has 0 saturated carbocycles. The summed E-state index contributed by atoms with van der Waals surface area (Å²) in [4.78, 5) is 14.4. The van der Waals surface area contributed by atoms with Crippen LogP contribution < -0.4 is 5.32 Å². The Morgan fingerprint density at radius 3 is 2.59 bits per heavy atom. The normalized spacial score (nSPS) is 10.2. The van der Waals surface area contributed by atoms with Gasteiger partial charge in [0.15, 0.2) is 0 Å². The molecule has 0 aliphatic heterocycles. The lowest BCUT2D eigenvalue weighted by Gasteiger charge is -2.04. The van der Waals surface area contributed by atoms with E-state index in [9.17, 15) is 4.79 Å². The first-order valence-corrected chi connectivity index (χ1v) is 8.38. The molecule has 0 aliphatic carbocycles. The molecule has 2 rings (SSSR count). The number of aryl methyl sites for hydroxylation is 2. The Morgan fingerprint density at radius 1 is 1.27 bits per heavy atom. The fourth-order valence-electron chi connectivity index (χ4n) is 2.31. The van der Waals surface area contributed by atoms with Gasteiger partial charge in [-0.1, -0.05) is 32.4 Å². The maximum atomic E-state index is 12.4. The molecule has 1 N–H and O–H groups in total. The van der Waals surface area contributed by atoms with E-state index in [4.69, 9.17) is 5.26 Å². The van der Waals surface area contributed by atoms with Crippen LogP contribution in [0.4, 0.5) is 5.69 Å². The van der Waals surface area contributed by atoms with Crippen molar-refractivity contribution >= 4 is 22.9 Å². The average Bonchev–Trinajstić information content (AvgIpc) is 2.93. The van der Waals surface area contributed by atoms with Crippen molar-refractivity contribution in [2.45, 2.75) is 39.5 Å². The minimum absolute atomic E-state index is 0.0601. The molecule has 0 fully saturated rings. The van der Waals surface area contributed by atoms with E-state index in [2.05, 4.69) is 25.2 Å². The van der Waals surface area contributed by atoms with Gasteiger partial charge in [0.1, 0.15) is 0 Å². The second kappa shape index (κ2) is 7.77. The van der Waals surface area contributed by atoms with Crippen molar-refractivity contribution < 1.29 is 4.79 Å². The van der Waals surface area contributed by atoms with E-state index in [1.807, 2.05) is 30.3 Å². The summed E-state index contributed by atoms with van der Waals surface area (Å²) in [5.74, 6) is -0.0601. The maximum Gasteiger partial charge on any atom is 0.265 e. The van der Waals surface area contributed by atoms with Gasteiger partial charge in [-0.25, -0.2) is 0 Å². The number of nitrogens with one attached hydrogen (secondary N) is 1. The zero-order chi connectivity index (χ0) is 15.9. The molecular formula is C18H20N2OS. The van der Waals surface area contributed by atoms with Crippen LogP contribution in [0.2, 0.25) is 0 Å². The first-order chi connectivity index (χ1) is 10.7. The highest BCUT2D eigenvalue weighted by Gasteiger charge is 2.13. The summed E-state index contributed by atoms with van der Waals surface area (Å²) in [6.07, 6.45) is 3.47. The average molecular weight is 312 g/mol. The molecule has 0 spiro atoms. The van der Waals surface area contributed by atoms with Crippen LogP contribution in [0.1, 0.15) is 45.9 Å². The van der Waals surface area contributed by atoms with Gasteiger partial charge in [-0.15, -0.1) is 11.3 Å². The van der Waals surface area contributed by atoms with Crippen molar-refractivity contribution in [3.05, 3.63) is 51.2 Å². The fraction of sp³-hybridized carbons (Fsp3) is 0.333. The Morgan fingerprint density at radius 2 is 2.00 bits per heavy atom. The summed E-state index contributed by atoms with van der Waals surface area (Å²) in [7, 11) is 0. The number of benzene rings is 1.